The van der Waals surface area contributed by atoms with E-state index in [9.17, 15) is 21.6 Å². The van der Waals surface area contributed by atoms with E-state index in [-0.39, 0.29) is 4.90 Å². The van der Waals surface area contributed by atoms with Gasteiger partial charge in [-0.25, -0.2) is 13.6 Å². The number of nitrogens with one attached hydrogen (secondary N) is 1. The van der Waals surface area contributed by atoms with Crippen LogP contribution in [0.2, 0.25) is 0 Å². The van der Waals surface area contributed by atoms with Gasteiger partial charge in [-0.05, 0) is 24.6 Å². The van der Waals surface area contributed by atoms with Crippen molar-refractivity contribution in [1.29, 1.82) is 0 Å². The first-order chi connectivity index (χ1) is 9.01. The second-order valence-electron chi connectivity index (χ2n) is 4.30. The topological polar surface area (TPSA) is 92.4 Å². The summed E-state index contributed by atoms with van der Waals surface area (Å²) in [6.07, 6.45) is -7.18. The Morgan fingerprint density at radius 2 is 2.00 bits per heavy atom. The lowest BCUT2D eigenvalue weighted by atomic mass is 10.1. The fourth-order valence-electron chi connectivity index (χ4n) is 1.48. The second kappa shape index (κ2) is 6.08. The first-order valence-electron chi connectivity index (χ1n) is 5.62. The van der Waals surface area contributed by atoms with E-state index in [2.05, 4.69) is 5.32 Å². The van der Waals surface area contributed by atoms with Crippen LogP contribution < -0.4 is 10.5 Å². The molecule has 0 aliphatic heterocycles. The molecule has 0 aliphatic carbocycles. The van der Waals surface area contributed by atoms with Crippen molar-refractivity contribution in [3.05, 3.63) is 29.8 Å². The summed E-state index contributed by atoms with van der Waals surface area (Å²) in [4.78, 5) is -0.125. The van der Waals surface area contributed by atoms with Crippen molar-refractivity contribution in [2.24, 2.45) is 5.14 Å². The van der Waals surface area contributed by atoms with Crippen LogP contribution in [0.3, 0.4) is 0 Å². The van der Waals surface area contributed by atoms with Crippen molar-refractivity contribution in [1.82, 2.24) is 5.32 Å². The largest absolute Gasteiger partial charge is 0.415 e. The highest BCUT2D eigenvalue weighted by Crippen LogP contribution is 2.21. The van der Waals surface area contributed by atoms with E-state index in [4.69, 9.17) is 10.2 Å². The van der Waals surface area contributed by atoms with Crippen LogP contribution in [0.25, 0.3) is 0 Å². The van der Waals surface area contributed by atoms with Gasteiger partial charge in [-0.1, -0.05) is 12.1 Å². The second-order valence-corrected chi connectivity index (χ2v) is 5.87. The molecule has 9 heteroatoms. The lowest BCUT2D eigenvalue weighted by molar-refractivity contribution is -0.202. The number of sulfonamides is 1. The molecular weight excluding hydrogens is 297 g/mol. The first-order valence-corrected chi connectivity index (χ1v) is 7.17. The molecular formula is C11H15F3N2O3S. The summed E-state index contributed by atoms with van der Waals surface area (Å²) in [6.45, 7) is 0.857. The van der Waals surface area contributed by atoms with Crippen molar-refractivity contribution >= 4 is 10.0 Å². The number of nitrogens with two attached hydrogens (primary N) is 1. The molecule has 0 spiro atoms. The Morgan fingerprint density at radius 1 is 1.40 bits per heavy atom. The number of benzene rings is 1. The minimum absolute atomic E-state index is 0.125. The summed E-state index contributed by atoms with van der Waals surface area (Å²) in [6, 6.07) is 4.97. The molecule has 20 heavy (non-hydrogen) atoms. The van der Waals surface area contributed by atoms with Crippen LogP contribution in [0.1, 0.15) is 18.5 Å². The van der Waals surface area contributed by atoms with Crippen LogP contribution in [-0.4, -0.2) is 32.3 Å². The molecule has 1 aromatic carbocycles. The molecule has 5 nitrogen and oxygen atoms in total. The molecule has 4 N–H and O–H groups in total. The Hall–Kier alpha value is -1.16. The Balaban J connectivity index is 2.76. The number of hydrogen-bond acceptors (Lipinski definition) is 4. The summed E-state index contributed by atoms with van der Waals surface area (Å²) < 4.78 is 58.8. The third kappa shape index (κ3) is 4.75. The van der Waals surface area contributed by atoms with Crippen molar-refractivity contribution in [2.75, 3.05) is 6.54 Å². The average Bonchev–Trinajstić information content (AvgIpc) is 2.33. The molecule has 0 aliphatic rings. The molecule has 2 unspecified atom stereocenters. The SMILES string of the molecule is CC(NCC(O)C(F)(F)F)c1cccc(S(N)(=O)=O)c1. The van der Waals surface area contributed by atoms with Gasteiger partial charge in [0.1, 0.15) is 0 Å². The maximum atomic E-state index is 12.1. The molecule has 0 saturated carbocycles. The highest BCUT2D eigenvalue weighted by Gasteiger charge is 2.37. The van der Waals surface area contributed by atoms with Gasteiger partial charge in [0.15, 0.2) is 6.10 Å². The predicted octanol–water partition coefficient (Wildman–Crippen LogP) is 0.908. The molecule has 114 valence electrons. The minimum atomic E-state index is -4.70. The van der Waals surface area contributed by atoms with Gasteiger partial charge in [-0.15, -0.1) is 0 Å². The number of aliphatic hydroxyl groups excluding tert-OH is 1. The van der Waals surface area contributed by atoms with Gasteiger partial charge < -0.3 is 10.4 Å². The minimum Gasteiger partial charge on any atom is -0.382 e. The van der Waals surface area contributed by atoms with Crippen molar-refractivity contribution in [3.63, 3.8) is 0 Å². The van der Waals surface area contributed by atoms with E-state index < -0.39 is 34.9 Å². The summed E-state index contributed by atoms with van der Waals surface area (Å²) in [5.74, 6) is 0. The first kappa shape index (κ1) is 16.9. The Bertz CT molecular complexity index is 560. The highest BCUT2D eigenvalue weighted by atomic mass is 32.2. The summed E-state index contributed by atoms with van der Waals surface area (Å²) in [5, 5.41) is 16.3. The van der Waals surface area contributed by atoms with Gasteiger partial charge in [-0.3, -0.25) is 0 Å². The van der Waals surface area contributed by atoms with Crippen LogP contribution in [0.5, 0.6) is 0 Å². The number of primary sulfonamides is 1. The van der Waals surface area contributed by atoms with E-state index in [1.54, 1.807) is 13.0 Å². The highest BCUT2D eigenvalue weighted by molar-refractivity contribution is 7.89. The van der Waals surface area contributed by atoms with E-state index in [0.29, 0.717) is 5.56 Å². The molecule has 0 amide bonds. The van der Waals surface area contributed by atoms with Crippen LogP contribution in [-0.2, 0) is 10.0 Å². The van der Waals surface area contributed by atoms with E-state index >= 15 is 0 Å². The number of aliphatic hydroxyl groups is 1. The average molecular weight is 312 g/mol. The van der Waals surface area contributed by atoms with Gasteiger partial charge in [-0.2, -0.15) is 13.2 Å². The van der Waals surface area contributed by atoms with Crippen molar-refractivity contribution in [3.8, 4) is 0 Å². The van der Waals surface area contributed by atoms with Gasteiger partial charge in [0.25, 0.3) is 0 Å². The zero-order valence-corrected chi connectivity index (χ0v) is 11.4. The molecule has 0 radical (unpaired) electrons. The number of rotatable bonds is 5. The molecule has 0 aromatic heterocycles. The normalized spacial score (nSPS) is 15.9. The smallest absolute Gasteiger partial charge is 0.382 e. The summed E-state index contributed by atoms with van der Waals surface area (Å²) >= 11 is 0. The number of alkyl halides is 3. The fraction of sp³-hybridized carbons (Fsp3) is 0.455. The third-order valence-electron chi connectivity index (χ3n) is 2.68. The molecule has 0 bridgehead atoms. The van der Waals surface area contributed by atoms with Gasteiger partial charge in [0.2, 0.25) is 10.0 Å². The molecule has 1 aromatic rings. The third-order valence-corrected chi connectivity index (χ3v) is 3.59. The Labute approximate surface area is 114 Å². The standard InChI is InChI=1S/C11H15F3N2O3S/c1-7(16-6-10(17)11(12,13)14)8-3-2-4-9(5-8)20(15,18)19/h2-5,7,10,16-17H,6H2,1H3,(H2,15,18,19). The van der Waals surface area contributed by atoms with Gasteiger partial charge in [0, 0.05) is 12.6 Å². The van der Waals surface area contributed by atoms with E-state index in [0.717, 1.165) is 0 Å². The predicted molar refractivity (Wildman–Crippen MR) is 66.3 cm³/mol. The number of hydrogen-bond donors (Lipinski definition) is 3. The number of halogens is 3. The summed E-state index contributed by atoms with van der Waals surface area (Å²) in [5.41, 5.74) is 0.450. The zero-order chi connectivity index (χ0) is 15.6. The molecule has 2 atom stereocenters. The Morgan fingerprint density at radius 3 is 2.50 bits per heavy atom. The lowest BCUT2D eigenvalue weighted by Gasteiger charge is -2.19. The van der Waals surface area contributed by atoms with Crippen molar-refractivity contribution < 1.29 is 26.7 Å². The molecule has 0 heterocycles. The van der Waals surface area contributed by atoms with E-state index in [1.807, 2.05) is 0 Å². The van der Waals surface area contributed by atoms with Crippen molar-refractivity contribution in [2.45, 2.75) is 30.1 Å². The lowest BCUT2D eigenvalue weighted by Crippen LogP contribution is -2.39. The maximum absolute atomic E-state index is 12.1. The Kier molecular flexibility index (Phi) is 5.14. The van der Waals surface area contributed by atoms with E-state index in [1.165, 1.54) is 18.2 Å². The van der Waals surface area contributed by atoms with Gasteiger partial charge in [0.05, 0.1) is 4.90 Å². The monoisotopic (exact) mass is 312 g/mol. The molecule has 0 saturated heterocycles. The summed E-state index contributed by atoms with van der Waals surface area (Å²) in [7, 11) is -3.87. The van der Waals surface area contributed by atoms with Crippen LogP contribution in [0.15, 0.2) is 29.2 Å². The molecule has 0 fully saturated rings. The van der Waals surface area contributed by atoms with Crippen LogP contribution >= 0.6 is 0 Å². The maximum Gasteiger partial charge on any atom is 0.415 e. The molecule has 1 rings (SSSR count). The van der Waals surface area contributed by atoms with Crippen LogP contribution in [0.4, 0.5) is 13.2 Å². The van der Waals surface area contributed by atoms with Crippen LogP contribution in [0, 0.1) is 0 Å². The zero-order valence-electron chi connectivity index (χ0n) is 10.6. The fourth-order valence-corrected chi connectivity index (χ4v) is 2.05. The van der Waals surface area contributed by atoms with Gasteiger partial charge >= 0.3 is 6.18 Å². The quantitative estimate of drug-likeness (QED) is 0.753.